The highest BCUT2D eigenvalue weighted by Crippen LogP contribution is 2.18. The summed E-state index contributed by atoms with van der Waals surface area (Å²) in [7, 11) is 0. The lowest BCUT2D eigenvalue weighted by molar-refractivity contribution is -0.135. The third-order valence-electron chi connectivity index (χ3n) is 5.04. The molecular formula is C19H22N4O2. The Hall–Kier alpha value is -2.47. The predicted molar refractivity (Wildman–Crippen MR) is 95.3 cm³/mol. The smallest absolute Gasteiger partial charge is 0.256 e. The van der Waals surface area contributed by atoms with Crippen molar-refractivity contribution in [3.05, 3.63) is 42.1 Å². The van der Waals surface area contributed by atoms with Crippen LogP contribution >= 0.6 is 0 Å². The molecule has 6 nitrogen and oxygen atoms in total. The highest BCUT2D eigenvalue weighted by molar-refractivity contribution is 6.00. The maximum absolute atomic E-state index is 13.1. The zero-order chi connectivity index (χ0) is 17.2. The topological polar surface area (TPSA) is 65.5 Å². The summed E-state index contributed by atoms with van der Waals surface area (Å²) in [5.74, 6) is -0.0518. The molecule has 0 bridgehead atoms. The average Bonchev–Trinajstić information content (AvgIpc) is 3.21. The van der Waals surface area contributed by atoms with E-state index in [0.29, 0.717) is 25.2 Å². The molecule has 2 saturated heterocycles. The second-order valence-electron chi connectivity index (χ2n) is 6.67. The molecule has 1 atom stereocenters. The average molecular weight is 338 g/mol. The third kappa shape index (κ3) is 3.09. The van der Waals surface area contributed by atoms with E-state index in [1.807, 2.05) is 35.2 Å². The SMILES string of the molecule is O=C([C@H]1CNCCN1C(=O)c1cnc2ccccc2c1)N1CCCC1. The highest BCUT2D eigenvalue weighted by Gasteiger charge is 2.36. The molecule has 2 aliphatic heterocycles. The number of hydrogen-bond acceptors (Lipinski definition) is 4. The molecule has 0 spiro atoms. The van der Waals surface area contributed by atoms with Crippen molar-refractivity contribution in [1.29, 1.82) is 0 Å². The number of carbonyl (C=O) groups is 2. The summed E-state index contributed by atoms with van der Waals surface area (Å²) in [6, 6.07) is 9.17. The molecule has 1 aromatic heterocycles. The monoisotopic (exact) mass is 338 g/mol. The molecule has 0 radical (unpaired) electrons. The first-order valence-corrected chi connectivity index (χ1v) is 8.89. The molecule has 0 aliphatic carbocycles. The summed E-state index contributed by atoms with van der Waals surface area (Å²) >= 11 is 0. The van der Waals surface area contributed by atoms with Gasteiger partial charge in [-0.3, -0.25) is 14.6 Å². The van der Waals surface area contributed by atoms with Gasteiger partial charge in [-0.1, -0.05) is 18.2 Å². The first-order chi connectivity index (χ1) is 12.2. The Bertz CT molecular complexity index is 801. The number of likely N-dealkylation sites (tertiary alicyclic amines) is 1. The first-order valence-electron chi connectivity index (χ1n) is 8.89. The van der Waals surface area contributed by atoms with Crippen LogP contribution in [0.5, 0.6) is 0 Å². The summed E-state index contributed by atoms with van der Waals surface area (Å²) in [6.07, 6.45) is 3.72. The van der Waals surface area contributed by atoms with Crippen LogP contribution in [-0.2, 0) is 4.79 Å². The van der Waals surface area contributed by atoms with Gasteiger partial charge in [0.1, 0.15) is 6.04 Å². The van der Waals surface area contributed by atoms with E-state index in [-0.39, 0.29) is 11.8 Å². The van der Waals surface area contributed by atoms with E-state index >= 15 is 0 Å². The van der Waals surface area contributed by atoms with Crippen molar-refractivity contribution in [1.82, 2.24) is 20.1 Å². The zero-order valence-corrected chi connectivity index (χ0v) is 14.1. The lowest BCUT2D eigenvalue weighted by Gasteiger charge is -2.37. The Morgan fingerprint density at radius 3 is 2.76 bits per heavy atom. The van der Waals surface area contributed by atoms with Crippen molar-refractivity contribution in [2.75, 3.05) is 32.7 Å². The molecule has 1 aromatic carbocycles. The van der Waals surface area contributed by atoms with Crippen LogP contribution in [0.4, 0.5) is 0 Å². The van der Waals surface area contributed by atoms with Crippen molar-refractivity contribution < 1.29 is 9.59 Å². The summed E-state index contributed by atoms with van der Waals surface area (Å²) in [4.78, 5) is 33.9. The summed E-state index contributed by atoms with van der Waals surface area (Å²) < 4.78 is 0. The Morgan fingerprint density at radius 2 is 1.92 bits per heavy atom. The number of para-hydroxylation sites is 1. The van der Waals surface area contributed by atoms with Crippen LogP contribution in [0.1, 0.15) is 23.2 Å². The van der Waals surface area contributed by atoms with Crippen molar-refractivity contribution >= 4 is 22.7 Å². The summed E-state index contributed by atoms with van der Waals surface area (Å²) in [6.45, 7) is 3.36. The van der Waals surface area contributed by atoms with E-state index in [1.165, 1.54) is 0 Å². The Morgan fingerprint density at radius 1 is 1.12 bits per heavy atom. The predicted octanol–water partition coefficient (Wildman–Crippen LogP) is 1.27. The number of carbonyl (C=O) groups excluding carboxylic acids is 2. The number of nitrogens with one attached hydrogen (secondary N) is 1. The maximum Gasteiger partial charge on any atom is 0.256 e. The number of amides is 2. The normalized spacial score (nSPS) is 20.9. The molecule has 0 saturated carbocycles. The molecule has 130 valence electrons. The number of fused-ring (bicyclic) bond motifs is 1. The quantitative estimate of drug-likeness (QED) is 0.896. The summed E-state index contributed by atoms with van der Waals surface area (Å²) in [5.41, 5.74) is 1.41. The molecule has 6 heteroatoms. The standard InChI is InChI=1S/C19H22N4O2/c24-18(15-11-14-5-1-2-6-16(14)21-12-15)23-10-7-20-13-17(23)19(25)22-8-3-4-9-22/h1-2,5-6,11-12,17,20H,3-4,7-10,13H2/t17-/m1/s1. The van der Waals surface area contributed by atoms with Crippen molar-refractivity contribution in [2.45, 2.75) is 18.9 Å². The zero-order valence-electron chi connectivity index (χ0n) is 14.1. The van der Waals surface area contributed by atoms with Gasteiger partial charge in [0.25, 0.3) is 5.91 Å². The van der Waals surface area contributed by atoms with Crippen LogP contribution in [0.3, 0.4) is 0 Å². The second-order valence-corrected chi connectivity index (χ2v) is 6.67. The number of aromatic nitrogens is 1. The van der Waals surface area contributed by atoms with Crippen LogP contribution < -0.4 is 5.32 Å². The van der Waals surface area contributed by atoms with Gasteiger partial charge in [-0.15, -0.1) is 0 Å². The number of nitrogens with zero attached hydrogens (tertiary/aromatic N) is 3. The van der Waals surface area contributed by atoms with E-state index in [0.717, 1.165) is 36.8 Å². The highest BCUT2D eigenvalue weighted by atomic mass is 16.2. The number of piperazine rings is 1. The van der Waals surface area contributed by atoms with Gasteiger partial charge in [-0.25, -0.2) is 0 Å². The van der Waals surface area contributed by atoms with Crippen LogP contribution in [0.2, 0.25) is 0 Å². The molecule has 2 fully saturated rings. The number of hydrogen-bond donors (Lipinski definition) is 1. The number of benzene rings is 1. The van der Waals surface area contributed by atoms with Gasteiger partial charge in [0.15, 0.2) is 0 Å². The molecule has 2 amide bonds. The first kappa shape index (κ1) is 16.0. The van der Waals surface area contributed by atoms with Crippen LogP contribution in [0.15, 0.2) is 36.5 Å². The van der Waals surface area contributed by atoms with E-state index in [2.05, 4.69) is 10.3 Å². The van der Waals surface area contributed by atoms with Gasteiger partial charge in [0, 0.05) is 44.3 Å². The van der Waals surface area contributed by atoms with Crippen LogP contribution in [0.25, 0.3) is 10.9 Å². The van der Waals surface area contributed by atoms with Crippen molar-refractivity contribution in [3.63, 3.8) is 0 Å². The van der Waals surface area contributed by atoms with Gasteiger partial charge < -0.3 is 15.1 Å². The number of rotatable bonds is 2. The Kier molecular flexibility index (Phi) is 4.36. The minimum absolute atomic E-state index is 0.0619. The minimum Gasteiger partial charge on any atom is -0.341 e. The maximum atomic E-state index is 13.1. The largest absolute Gasteiger partial charge is 0.341 e. The fourth-order valence-electron chi connectivity index (χ4n) is 3.67. The molecule has 3 heterocycles. The van der Waals surface area contributed by atoms with E-state index in [4.69, 9.17) is 0 Å². The lowest BCUT2D eigenvalue weighted by atomic mass is 10.1. The van der Waals surface area contributed by atoms with Crippen LogP contribution in [-0.4, -0.2) is 65.4 Å². The lowest BCUT2D eigenvalue weighted by Crippen LogP contribution is -2.59. The Balaban J connectivity index is 1.60. The molecule has 1 N–H and O–H groups in total. The van der Waals surface area contributed by atoms with E-state index in [1.54, 1.807) is 11.1 Å². The van der Waals surface area contributed by atoms with Crippen molar-refractivity contribution in [2.24, 2.45) is 0 Å². The second kappa shape index (κ2) is 6.80. The van der Waals surface area contributed by atoms with E-state index < -0.39 is 6.04 Å². The fraction of sp³-hybridized carbons (Fsp3) is 0.421. The molecular weight excluding hydrogens is 316 g/mol. The fourth-order valence-corrected chi connectivity index (χ4v) is 3.67. The van der Waals surface area contributed by atoms with Gasteiger partial charge in [-0.2, -0.15) is 0 Å². The van der Waals surface area contributed by atoms with Crippen molar-refractivity contribution in [3.8, 4) is 0 Å². The molecule has 0 unspecified atom stereocenters. The molecule has 2 aliphatic rings. The minimum atomic E-state index is -0.425. The summed E-state index contributed by atoms with van der Waals surface area (Å²) in [5, 5.41) is 4.18. The van der Waals surface area contributed by atoms with E-state index in [9.17, 15) is 9.59 Å². The van der Waals surface area contributed by atoms with Gasteiger partial charge in [-0.05, 0) is 25.0 Å². The van der Waals surface area contributed by atoms with Gasteiger partial charge in [0.05, 0.1) is 11.1 Å². The number of pyridine rings is 1. The molecule has 2 aromatic rings. The van der Waals surface area contributed by atoms with Crippen LogP contribution in [0, 0.1) is 0 Å². The molecule has 25 heavy (non-hydrogen) atoms. The van der Waals surface area contributed by atoms with Gasteiger partial charge >= 0.3 is 0 Å². The third-order valence-corrected chi connectivity index (χ3v) is 5.04. The Labute approximate surface area is 146 Å². The molecule has 4 rings (SSSR count). The van der Waals surface area contributed by atoms with Gasteiger partial charge in [0.2, 0.25) is 5.91 Å².